The van der Waals surface area contributed by atoms with Crippen LogP contribution in [0.2, 0.25) is 0 Å². The van der Waals surface area contributed by atoms with Crippen LogP contribution in [0.5, 0.6) is 0 Å². The van der Waals surface area contributed by atoms with Gasteiger partial charge < -0.3 is 10.2 Å². The number of carbonyl (C=O) groups is 1. The third kappa shape index (κ3) is 4.13. The summed E-state index contributed by atoms with van der Waals surface area (Å²) in [6.07, 6.45) is 8.11. The number of hydrogen-bond acceptors (Lipinski definition) is 3. The van der Waals surface area contributed by atoms with E-state index in [1.165, 1.54) is 11.1 Å². The molecule has 1 unspecified atom stereocenters. The number of hydrogen-bond donors (Lipinski definition) is 2. The summed E-state index contributed by atoms with van der Waals surface area (Å²) in [5, 5.41) is 24.4. The van der Waals surface area contributed by atoms with Gasteiger partial charge in [-0.05, 0) is 57.9 Å². The van der Waals surface area contributed by atoms with Crippen molar-refractivity contribution >= 4 is 18.1 Å². The molecule has 32 heavy (non-hydrogen) atoms. The number of carboxylic acids is 1. The van der Waals surface area contributed by atoms with Crippen LogP contribution in [-0.2, 0) is 17.4 Å². The van der Waals surface area contributed by atoms with Gasteiger partial charge in [-0.3, -0.25) is 4.68 Å². The molecule has 5 nitrogen and oxygen atoms in total. The number of carboxylic acid groups (broad SMARTS) is 1. The molecule has 0 bridgehead atoms. The van der Waals surface area contributed by atoms with Crippen LogP contribution in [-0.4, -0.2) is 32.1 Å². The van der Waals surface area contributed by atoms with Gasteiger partial charge in [-0.15, -0.1) is 0 Å². The van der Waals surface area contributed by atoms with Gasteiger partial charge in [0.2, 0.25) is 0 Å². The van der Waals surface area contributed by atoms with Crippen molar-refractivity contribution in [2.45, 2.75) is 57.6 Å². The Labute approximate surface area is 189 Å². The Morgan fingerprint density at radius 1 is 1.12 bits per heavy atom. The fourth-order valence-corrected chi connectivity index (χ4v) is 4.57. The molecule has 0 radical (unpaired) electrons. The smallest absolute Gasteiger partial charge is 0.335 e. The van der Waals surface area contributed by atoms with Crippen molar-refractivity contribution in [2.24, 2.45) is 0 Å². The highest BCUT2D eigenvalue weighted by Gasteiger charge is 2.43. The van der Waals surface area contributed by atoms with Gasteiger partial charge in [0.1, 0.15) is 0 Å². The second-order valence-corrected chi connectivity index (χ2v) is 9.89. The lowest BCUT2D eigenvalue weighted by Crippen LogP contribution is -2.45. The molecular formula is C27H30N2O3. The van der Waals surface area contributed by atoms with E-state index in [0.29, 0.717) is 6.54 Å². The van der Waals surface area contributed by atoms with Gasteiger partial charge in [0.15, 0.2) is 0 Å². The van der Waals surface area contributed by atoms with E-state index in [2.05, 4.69) is 51.0 Å². The molecule has 2 N–H and O–H groups in total. The summed E-state index contributed by atoms with van der Waals surface area (Å²) >= 11 is 0. The average molecular weight is 431 g/mol. The summed E-state index contributed by atoms with van der Waals surface area (Å²) < 4.78 is 1.91. The lowest BCUT2D eigenvalue weighted by atomic mass is 9.61. The topological polar surface area (TPSA) is 75.3 Å². The third-order valence-corrected chi connectivity index (χ3v) is 6.74. The van der Waals surface area contributed by atoms with Crippen molar-refractivity contribution in [3.05, 3.63) is 88.2 Å². The maximum Gasteiger partial charge on any atom is 0.335 e. The normalized spacial score (nSPS) is 19.1. The van der Waals surface area contributed by atoms with Gasteiger partial charge in [-0.1, -0.05) is 64.1 Å². The number of nitrogens with zero attached hydrogens (tertiary/aromatic N) is 2. The number of benzene rings is 2. The van der Waals surface area contributed by atoms with Crippen molar-refractivity contribution in [3.8, 4) is 0 Å². The first-order valence-electron chi connectivity index (χ1n) is 10.9. The predicted octanol–water partition coefficient (Wildman–Crippen LogP) is 5.12. The van der Waals surface area contributed by atoms with E-state index >= 15 is 0 Å². The fourth-order valence-electron chi connectivity index (χ4n) is 4.57. The highest BCUT2D eigenvalue weighted by atomic mass is 16.4. The lowest BCUT2D eigenvalue weighted by Gasteiger charge is -2.45. The Hall–Kier alpha value is -3.18. The number of fused-ring (bicyclic) bond motifs is 1. The Balaban J connectivity index is 1.80. The van der Waals surface area contributed by atoms with Crippen molar-refractivity contribution in [1.29, 1.82) is 0 Å². The molecule has 0 saturated carbocycles. The molecule has 1 heterocycles. The molecule has 2 aromatic carbocycles. The van der Waals surface area contributed by atoms with Crippen LogP contribution < -0.4 is 0 Å². The van der Waals surface area contributed by atoms with Gasteiger partial charge in [-0.25, -0.2) is 4.79 Å². The van der Waals surface area contributed by atoms with Crippen LogP contribution in [0.1, 0.15) is 72.3 Å². The molecule has 1 aliphatic carbocycles. The largest absolute Gasteiger partial charge is 0.478 e. The van der Waals surface area contributed by atoms with Gasteiger partial charge in [0, 0.05) is 17.8 Å². The number of aromatic nitrogens is 2. The molecule has 0 amide bonds. The summed E-state index contributed by atoms with van der Waals surface area (Å²) in [5.41, 5.74) is 5.40. The first-order chi connectivity index (χ1) is 15.1. The SMILES string of the molecule is CC1(C)CC(O)C(C)(C)c2cc(C=Cc3ccc(C(=O)O)cc3)c(Cn3cccn3)cc21. The molecule has 0 spiro atoms. The van der Waals surface area contributed by atoms with Crippen molar-refractivity contribution in [3.63, 3.8) is 0 Å². The standard InChI is InChI=1S/C27H30N2O3/c1-26(2)16-24(30)27(3,4)23-14-20(11-8-18-6-9-19(10-7-18)25(31)32)21(15-22(23)26)17-29-13-5-12-28-29/h5-15,24,30H,16-17H2,1-4H3,(H,31,32). The number of aromatic carboxylic acids is 1. The number of rotatable bonds is 5. The quantitative estimate of drug-likeness (QED) is 0.551. The maximum atomic E-state index is 11.1. The summed E-state index contributed by atoms with van der Waals surface area (Å²) in [5.74, 6) is -0.930. The fraction of sp³-hybridized carbons (Fsp3) is 0.333. The van der Waals surface area contributed by atoms with E-state index in [1.54, 1.807) is 18.3 Å². The Morgan fingerprint density at radius 2 is 1.84 bits per heavy atom. The van der Waals surface area contributed by atoms with Gasteiger partial charge in [-0.2, -0.15) is 5.10 Å². The minimum atomic E-state index is -0.930. The van der Waals surface area contributed by atoms with Crippen LogP contribution in [0.3, 0.4) is 0 Å². The lowest BCUT2D eigenvalue weighted by molar-refractivity contribution is 0.0582. The number of aliphatic hydroxyl groups is 1. The minimum absolute atomic E-state index is 0.127. The second kappa shape index (κ2) is 8.06. The molecule has 4 rings (SSSR count). The minimum Gasteiger partial charge on any atom is -0.478 e. The second-order valence-electron chi connectivity index (χ2n) is 9.89. The van der Waals surface area contributed by atoms with Crippen LogP contribution >= 0.6 is 0 Å². The van der Waals surface area contributed by atoms with E-state index in [9.17, 15) is 9.90 Å². The zero-order valence-corrected chi connectivity index (χ0v) is 19.0. The van der Waals surface area contributed by atoms with Gasteiger partial charge >= 0.3 is 5.97 Å². The van der Waals surface area contributed by atoms with E-state index in [4.69, 9.17) is 5.11 Å². The van der Waals surface area contributed by atoms with Crippen molar-refractivity contribution in [1.82, 2.24) is 9.78 Å². The Bertz CT molecular complexity index is 1160. The van der Waals surface area contributed by atoms with Crippen LogP contribution in [0, 0.1) is 0 Å². The predicted molar refractivity (Wildman–Crippen MR) is 127 cm³/mol. The van der Waals surface area contributed by atoms with Gasteiger partial charge in [0.05, 0.1) is 18.2 Å². The summed E-state index contributed by atoms with van der Waals surface area (Å²) in [7, 11) is 0. The molecule has 1 aromatic heterocycles. The Morgan fingerprint density at radius 3 is 2.47 bits per heavy atom. The van der Waals surface area contributed by atoms with E-state index in [-0.39, 0.29) is 16.4 Å². The van der Waals surface area contributed by atoms with Crippen molar-refractivity contribution in [2.75, 3.05) is 0 Å². The summed E-state index contributed by atoms with van der Waals surface area (Å²) in [6, 6.07) is 13.2. The van der Waals surface area contributed by atoms with Crippen LogP contribution in [0.4, 0.5) is 0 Å². The maximum absolute atomic E-state index is 11.1. The Kier molecular flexibility index (Phi) is 5.55. The van der Waals surface area contributed by atoms with Crippen molar-refractivity contribution < 1.29 is 15.0 Å². The molecule has 1 atom stereocenters. The van der Waals surface area contributed by atoms with Gasteiger partial charge in [0.25, 0.3) is 0 Å². The molecular weight excluding hydrogens is 400 g/mol. The first-order valence-corrected chi connectivity index (χ1v) is 10.9. The molecule has 1 aliphatic rings. The molecule has 166 valence electrons. The molecule has 0 fully saturated rings. The molecule has 0 saturated heterocycles. The highest BCUT2D eigenvalue weighted by molar-refractivity contribution is 5.88. The third-order valence-electron chi connectivity index (χ3n) is 6.74. The molecule has 0 aliphatic heterocycles. The molecule has 5 heteroatoms. The van der Waals surface area contributed by atoms with E-state index < -0.39 is 12.1 Å². The summed E-state index contributed by atoms with van der Waals surface area (Å²) in [6.45, 7) is 9.26. The first kappa shape index (κ1) is 22.0. The van der Waals surface area contributed by atoms with Crippen LogP contribution in [0.15, 0.2) is 54.9 Å². The van der Waals surface area contributed by atoms with E-state index in [0.717, 1.165) is 23.1 Å². The zero-order valence-electron chi connectivity index (χ0n) is 19.0. The summed E-state index contributed by atoms with van der Waals surface area (Å²) in [4.78, 5) is 11.1. The number of aliphatic hydroxyl groups excluding tert-OH is 1. The molecule has 3 aromatic rings. The van der Waals surface area contributed by atoms with E-state index in [1.807, 2.05) is 35.2 Å². The zero-order chi connectivity index (χ0) is 23.1. The average Bonchev–Trinajstić information content (AvgIpc) is 3.24. The van der Waals surface area contributed by atoms with Crippen LogP contribution in [0.25, 0.3) is 12.2 Å². The highest BCUT2D eigenvalue weighted by Crippen LogP contribution is 2.47. The monoisotopic (exact) mass is 430 g/mol.